The van der Waals surface area contributed by atoms with Crippen molar-refractivity contribution in [2.45, 2.75) is 18.7 Å². The zero-order valence-electron chi connectivity index (χ0n) is 21.8. The van der Waals surface area contributed by atoms with E-state index in [1.54, 1.807) is 17.0 Å². The highest BCUT2D eigenvalue weighted by atomic mass is 32.2. The number of aryl methyl sites for hydroxylation is 1. The number of benzene rings is 2. The normalized spacial score (nSPS) is 16.7. The van der Waals surface area contributed by atoms with E-state index >= 15 is 0 Å². The molecule has 0 radical (unpaired) electrons. The molecule has 1 aromatic heterocycles. The maximum absolute atomic E-state index is 12.8. The number of hydrogen-bond acceptors (Lipinski definition) is 5. The molecule has 0 unspecified atom stereocenters. The van der Waals surface area contributed by atoms with Gasteiger partial charge in [0.1, 0.15) is 0 Å². The predicted molar refractivity (Wildman–Crippen MR) is 146 cm³/mol. The summed E-state index contributed by atoms with van der Waals surface area (Å²) in [5.41, 5.74) is 6.69. The van der Waals surface area contributed by atoms with Gasteiger partial charge in [-0.1, -0.05) is 12.1 Å². The number of H-pyrrole nitrogens is 1. The molecule has 1 saturated heterocycles. The van der Waals surface area contributed by atoms with Crippen molar-refractivity contribution in [2.75, 3.05) is 45.7 Å². The van der Waals surface area contributed by atoms with Gasteiger partial charge in [-0.05, 0) is 61.4 Å². The molecule has 0 saturated carbocycles. The second-order valence-electron chi connectivity index (χ2n) is 9.65. The van der Waals surface area contributed by atoms with Crippen LogP contribution in [0.5, 0.6) is 0 Å². The fourth-order valence-corrected chi connectivity index (χ4v) is 5.83. The number of morpholine rings is 1. The number of ether oxygens (including phenoxy) is 1. The maximum Gasteiger partial charge on any atom is 0.256 e. The van der Waals surface area contributed by atoms with Crippen LogP contribution in [0.25, 0.3) is 22.8 Å². The van der Waals surface area contributed by atoms with Crippen molar-refractivity contribution in [3.63, 3.8) is 0 Å². The van der Waals surface area contributed by atoms with Gasteiger partial charge >= 0.3 is 0 Å². The highest BCUT2D eigenvalue weighted by molar-refractivity contribution is 7.89. The van der Waals surface area contributed by atoms with E-state index in [1.165, 1.54) is 26.2 Å². The Bertz CT molecular complexity index is 1560. The number of nitrogens with one attached hydrogen (secondary N) is 2. The molecular formula is C28H30N4O5S. The number of aromatic nitrogens is 1. The average molecular weight is 535 g/mol. The summed E-state index contributed by atoms with van der Waals surface area (Å²) in [6, 6.07) is 12.2. The molecule has 10 heteroatoms. The van der Waals surface area contributed by atoms with Crippen LogP contribution in [0, 0.1) is 13.8 Å². The van der Waals surface area contributed by atoms with E-state index < -0.39 is 10.0 Å². The van der Waals surface area contributed by atoms with Crippen LogP contribution in [-0.2, 0) is 19.6 Å². The summed E-state index contributed by atoms with van der Waals surface area (Å²) in [6.07, 6.45) is 1.76. The number of fused-ring (bicyclic) bond motifs is 1. The molecule has 9 nitrogen and oxygen atoms in total. The van der Waals surface area contributed by atoms with Crippen molar-refractivity contribution in [1.82, 2.24) is 14.2 Å². The first-order valence-corrected chi connectivity index (χ1v) is 13.8. The first-order valence-electron chi connectivity index (χ1n) is 12.3. The number of carbonyl (C=O) groups is 2. The molecular weight excluding hydrogens is 504 g/mol. The summed E-state index contributed by atoms with van der Waals surface area (Å²) in [5.74, 6) is -0.298. The molecule has 0 aliphatic carbocycles. The minimum absolute atomic E-state index is 0.00523. The van der Waals surface area contributed by atoms with Gasteiger partial charge in [0.15, 0.2) is 0 Å². The Labute approximate surface area is 222 Å². The lowest BCUT2D eigenvalue weighted by Crippen LogP contribution is -2.40. The van der Waals surface area contributed by atoms with E-state index in [0.29, 0.717) is 48.7 Å². The van der Waals surface area contributed by atoms with E-state index in [0.717, 1.165) is 32.4 Å². The summed E-state index contributed by atoms with van der Waals surface area (Å²) >= 11 is 0. The number of nitrogens with zero attached hydrogens (tertiary/aromatic N) is 2. The second-order valence-corrected chi connectivity index (χ2v) is 11.8. The third-order valence-corrected chi connectivity index (χ3v) is 8.85. The summed E-state index contributed by atoms with van der Waals surface area (Å²) in [4.78, 5) is 30.9. The number of rotatable bonds is 5. The molecule has 3 aromatic rings. The molecule has 2 aliphatic rings. The Morgan fingerprint density at radius 2 is 1.74 bits per heavy atom. The molecule has 2 aliphatic heterocycles. The molecule has 3 heterocycles. The summed E-state index contributed by atoms with van der Waals surface area (Å²) < 4.78 is 31.8. The number of anilines is 1. The third-order valence-electron chi connectivity index (χ3n) is 7.04. The monoisotopic (exact) mass is 534 g/mol. The topological polar surface area (TPSA) is 112 Å². The van der Waals surface area contributed by atoms with Gasteiger partial charge < -0.3 is 19.9 Å². The quantitative estimate of drug-likeness (QED) is 0.487. The van der Waals surface area contributed by atoms with Gasteiger partial charge in [0.25, 0.3) is 11.8 Å². The van der Waals surface area contributed by atoms with Gasteiger partial charge in [0, 0.05) is 61.0 Å². The van der Waals surface area contributed by atoms with Crippen molar-refractivity contribution in [3.8, 4) is 11.1 Å². The van der Waals surface area contributed by atoms with Crippen molar-refractivity contribution in [1.29, 1.82) is 0 Å². The minimum atomic E-state index is -3.65. The second kappa shape index (κ2) is 9.86. The smallest absolute Gasteiger partial charge is 0.256 e. The molecule has 0 spiro atoms. The number of sulfonamides is 1. The van der Waals surface area contributed by atoms with Crippen LogP contribution >= 0.6 is 0 Å². The Morgan fingerprint density at radius 3 is 2.39 bits per heavy atom. The van der Waals surface area contributed by atoms with Gasteiger partial charge in [0.2, 0.25) is 10.0 Å². The van der Waals surface area contributed by atoms with Gasteiger partial charge in [0.05, 0.1) is 23.7 Å². The standard InChI is InChI=1S/C28H30N4O5S/c1-17-25(16-23-22-15-21(38(35,36)31(3)4)9-10-24(22)30-27(23)33)29-18(2)26(17)19-5-7-20(8-6-19)28(34)32-11-13-37-14-12-32/h5-10,15-16,29H,11-14H2,1-4H3,(H,30,33). The molecule has 0 atom stereocenters. The highest BCUT2D eigenvalue weighted by Gasteiger charge is 2.28. The molecule has 2 aromatic carbocycles. The lowest BCUT2D eigenvalue weighted by molar-refractivity contribution is -0.110. The number of carbonyl (C=O) groups excluding carboxylic acids is 2. The van der Waals surface area contributed by atoms with Gasteiger partial charge in [-0.25, -0.2) is 12.7 Å². The molecule has 198 valence electrons. The van der Waals surface area contributed by atoms with Crippen LogP contribution in [0.15, 0.2) is 47.4 Å². The fraction of sp³-hybridized carbons (Fsp3) is 0.286. The highest BCUT2D eigenvalue weighted by Crippen LogP contribution is 2.37. The Morgan fingerprint density at radius 1 is 1.05 bits per heavy atom. The molecule has 38 heavy (non-hydrogen) atoms. The van der Waals surface area contributed by atoms with Crippen LogP contribution < -0.4 is 5.32 Å². The van der Waals surface area contributed by atoms with Crippen molar-refractivity contribution >= 4 is 39.2 Å². The average Bonchev–Trinajstić information content (AvgIpc) is 3.37. The van der Waals surface area contributed by atoms with Crippen molar-refractivity contribution in [2.24, 2.45) is 0 Å². The Kier molecular flexibility index (Phi) is 6.72. The van der Waals surface area contributed by atoms with Gasteiger partial charge in [-0.15, -0.1) is 0 Å². The summed E-state index contributed by atoms with van der Waals surface area (Å²) in [7, 11) is -0.705. The zero-order valence-corrected chi connectivity index (χ0v) is 22.6. The number of aromatic amines is 1. The van der Waals surface area contributed by atoms with Crippen molar-refractivity contribution in [3.05, 3.63) is 70.5 Å². The van der Waals surface area contributed by atoms with E-state index in [9.17, 15) is 18.0 Å². The Hall–Kier alpha value is -3.73. The molecule has 2 amide bonds. The summed E-state index contributed by atoms with van der Waals surface area (Å²) in [5, 5.41) is 2.82. The first-order chi connectivity index (χ1) is 18.1. The van der Waals surface area contributed by atoms with Crippen LogP contribution in [0.2, 0.25) is 0 Å². The fourth-order valence-electron chi connectivity index (χ4n) is 4.91. The van der Waals surface area contributed by atoms with Crippen LogP contribution in [0.1, 0.15) is 32.9 Å². The van der Waals surface area contributed by atoms with Gasteiger partial charge in [-0.3, -0.25) is 9.59 Å². The molecule has 1 fully saturated rings. The van der Waals surface area contributed by atoms with Crippen molar-refractivity contribution < 1.29 is 22.7 Å². The van der Waals surface area contributed by atoms with E-state index in [4.69, 9.17) is 4.74 Å². The minimum Gasteiger partial charge on any atom is -0.378 e. The number of amides is 2. The van der Waals surface area contributed by atoms with E-state index in [1.807, 2.05) is 38.1 Å². The maximum atomic E-state index is 12.8. The van der Waals surface area contributed by atoms with E-state index in [-0.39, 0.29) is 16.7 Å². The summed E-state index contributed by atoms with van der Waals surface area (Å²) in [6.45, 7) is 6.22. The zero-order chi connectivity index (χ0) is 27.2. The SMILES string of the molecule is Cc1[nH]c(C=C2C(=O)Nc3ccc(S(=O)(=O)N(C)C)cc32)c(C)c1-c1ccc(C(=O)N2CCOCC2)cc1. The molecule has 2 N–H and O–H groups in total. The van der Waals surface area contributed by atoms with Crippen LogP contribution in [-0.4, -0.2) is 74.8 Å². The van der Waals surface area contributed by atoms with E-state index in [2.05, 4.69) is 10.3 Å². The third kappa shape index (κ3) is 4.55. The number of hydrogen-bond donors (Lipinski definition) is 2. The largest absolute Gasteiger partial charge is 0.378 e. The lowest BCUT2D eigenvalue weighted by Gasteiger charge is -2.26. The first kappa shape index (κ1) is 25.9. The van der Waals surface area contributed by atoms with Crippen LogP contribution in [0.4, 0.5) is 5.69 Å². The van der Waals surface area contributed by atoms with Crippen LogP contribution in [0.3, 0.4) is 0 Å². The predicted octanol–water partition coefficient (Wildman–Crippen LogP) is 3.51. The van der Waals surface area contributed by atoms with Gasteiger partial charge in [-0.2, -0.15) is 0 Å². The Balaban J connectivity index is 1.47. The molecule has 0 bridgehead atoms. The molecule has 5 rings (SSSR count). The lowest BCUT2D eigenvalue weighted by atomic mass is 9.98.